The van der Waals surface area contributed by atoms with Crippen LogP contribution in [0, 0.1) is 5.92 Å². The summed E-state index contributed by atoms with van der Waals surface area (Å²) in [5.41, 5.74) is 5.54. The van der Waals surface area contributed by atoms with E-state index in [0.29, 0.717) is 5.82 Å². The minimum atomic E-state index is 0.637. The molecule has 0 atom stereocenters. The molecule has 0 bridgehead atoms. The molecule has 1 aromatic heterocycles. The van der Waals surface area contributed by atoms with Gasteiger partial charge in [-0.1, -0.05) is 0 Å². The maximum absolute atomic E-state index is 5.54. The molecule has 1 aliphatic carbocycles. The highest BCUT2D eigenvalue weighted by Gasteiger charge is 2.23. The smallest absolute Gasteiger partial charge is 0.187 e. The zero-order chi connectivity index (χ0) is 8.55. The Morgan fingerprint density at radius 3 is 3.00 bits per heavy atom. The molecule has 1 aliphatic rings. The molecule has 1 aromatic rings. The number of aromatic nitrogens is 1. The quantitative estimate of drug-likeness (QED) is 0.773. The lowest BCUT2D eigenvalue weighted by Crippen LogP contribution is -2.19. The third-order valence-corrected chi connectivity index (χ3v) is 3.04. The average molecular weight is 183 g/mol. The van der Waals surface area contributed by atoms with Crippen molar-refractivity contribution in [3.8, 4) is 0 Å². The minimum absolute atomic E-state index is 0.637. The third kappa shape index (κ3) is 1.69. The maximum atomic E-state index is 5.54. The first kappa shape index (κ1) is 7.86. The van der Waals surface area contributed by atoms with Gasteiger partial charge in [-0.25, -0.2) is 4.98 Å². The molecule has 12 heavy (non-hydrogen) atoms. The van der Waals surface area contributed by atoms with Crippen molar-refractivity contribution >= 4 is 22.3 Å². The predicted molar refractivity (Wildman–Crippen MR) is 52.5 cm³/mol. The van der Waals surface area contributed by atoms with Gasteiger partial charge < -0.3 is 10.6 Å². The Hall–Kier alpha value is -0.770. The Labute approximate surface area is 76.2 Å². The van der Waals surface area contributed by atoms with Crippen molar-refractivity contribution in [2.75, 3.05) is 24.2 Å². The number of nitrogens with zero attached hydrogens (tertiary/aromatic N) is 2. The SMILES string of the molecule is CN(CC1CC1)c1nc(N)cs1. The number of hydrogen-bond acceptors (Lipinski definition) is 4. The number of anilines is 2. The van der Waals surface area contributed by atoms with Gasteiger partial charge in [0.15, 0.2) is 5.13 Å². The molecule has 2 rings (SSSR count). The van der Waals surface area contributed by atoms with E-state index in [-0.39, 0.29) is 0 Å². The summed E-state index contributed by atoms with van der Waals surface area (Å²) < 4.78 is 0. The molecule has 1 fully saturated rings. The Bertz CT molecular complexity index is 267. The molecule has 0 amide bonds. The molecular weight excluding hydrogens is 170 g/mol. The summed E-state index contributed by atoms with van der Waals surface area (Å²) in [4.78, 5) is 6.41. The number of nitrogen functional groups attached to an aromatic ring is 1. The summed E-state index contributed by atoms with van der Waals surface area (Å²) >= 11 is 1.62. The summed E-state index contributed by atoms with van der Waals surface area (Å²) in [5, 5.41) is 2.93. The van der Waals surface area contributed by atoms with Crippen LogP contribution >= 0.6 is 11.3 Å². The van der Waals surface area contributed by atoms with Gasteiger partial charge in [0.05, 0.1) is 0 Å². The molecule has 4 heteroatoms. The summed E-state index contributed by atoms with van der Waals surface area (Å²) in [5.74, 6) is 1.54. The van der Waals surface area contributed by atoms with Crippen molar-refractivity contribution in [1.29, 1.82) is 0 Å². The van der Waals surface area contributed by atoms with Gasteiger partial charge in [0.1, 0.15) is 5.82 Å². The fraction of sp³-hybridized carbons (Fsp3) is 0.625. The van der Waals surface area contributed by atoms with Gasteiger partial charge in [0.2, 0.25) is 0 Å². The van der Waals surface area contributed by atoms with Crippen molar-refractivity contribution in [1.82, 2.24) is 4.98 Å². The van der Waals surface area contributed by atoms with Crippen LogP contribution in [0.4, 0.5) is 10.9 Å². The van der Waals surface area contributed by atoms with Crippen LogP contribution in [0.3, 0.4) is 0 Å². The topological polar surface area (TPSA) is 42.2 Å². The van der Waals surface area contributed by atoms with Gasteiger partial charge >= 0.3 is 0 Å². The van der Waals surface area contributed by atoms with Gasteiger partial charge in [0, 0.05) is 19.0 Å². The summed E-state index contributed by atoms with van der Waals surface area (Å²) in [6.07, 6.45) is 2.76. The van der Waals surface area contributed by atoms with E-state index in [1.807, 2.05) is 5.38 Å². The van der Waals surface area contributed by atoms with Crippen molar-refractivity contribution in [2.45, 2.75) is 12.8 Å². The van der Waals surface area contributed by atoms with Crippen LogP contribution in [0.1, 0.15) is 12.8 Å². The van der Waals surface area contributed by atoms with Crippen molar-refractivity contribution in [2.24, 2.45) is 5.92 Å². The first-order chi connectivity index (χ1) is 5.75. The van der Waals surface area contributed by atoms with Gasteiger partial charge in [0.25, 0.3) is 0 Å². The zero-order valence-electron chi connectivity index (χ0n) is 7.16. The number of thiazole rings is 1. The fourth-order valence-corrected chi connectivity index (χ4v) is 1.91. The molecule has 2 N–H and O–H groups in total. The van der Waals surface area contributed by atoms with Gasteiger partial charge in [-0.15, -0.1) is 11.3 Å². The van der Waals surface area contributed by atoms with Crippen molar-refractivity contribution < 1.29 is 0 Å². The predicted octanol–water partition coefficient (Wildman–Crippen LogP) is 1.57. The molecule has 66 valence electrons. The second kappa shape index (κ2) is 2.94. The third-order valence-electron chi connectivity index (χ3n) is 2.07. The van der Waals surface area contributed by atoms with Gasteiger partial charge in [-0.3, -0.25) is 0 Å². The van der Waals surface area contributed by atoms with E-state index in [0.717, 1.165) is 17.6 Å². The molecule has 0 aromatic carbocycles. The number of nitrogens with two attached hydrogens (primary N) is 1. The van der Waals surface area contributed by atoms with E-state index in [4.69, 9.17) is 5.73 Å². The maximum Gasteiger partial charge on any atom is 0.187 e. The molecule has 3 nitrogen and oxygen atoms in total. The van der Waals surface area contributed by atoms with Crippen LogP contribution in [-0.4, -0.2) is 18.6 Å². The van der Waals surface area contributed by atoms with E-state index in [2.05, 4.69) is 16.9 Å². The first-order valence-corrected chi connectivity index (χ1v) is 5.06. The highest BCUT2D eigenvalue weighted by Crippen LogP contribution is 2.31. The number of hydrogen-bond donors (Lipinski definition) is 1. The Morgan fingerprint density at radius 1 is 1.75 bits per heavy atom. The summed E-state index contributed by atoms with van der Waals surface area (Å²) in [6.45, 7) is 1.13. The fourth-order valence-electron chi connectivity index (χ4n) is 1.22. The van der Waals surface area contributed by atoms with Gasteiger partial charge in [-0.05, 0) is 18.8 Å². The second-order valence-corrected chi connectivity index (χ2v) is 4.22. The molecule has 1 saturated carbocycles. The van der Waals surface area contributed by atoms with Crippen LogP contribution in [0.15, 0.2) is 5.38 Å². The average Bonchev–Trinajstić information content (AvgIpc) is 2.72. The molecule has 0 radical (unpaired) electrons. The zero-order valence-corrected chi connectivity index (χ0v) is 7.97. The van der Waals surface area contributed by atoms with Crippen LogP contribution < -0.4 is 10.6 Å². The van der Waals surface area contributed by atoms with E-state index in [1.165, 1.54) is 12.8 Å². The highest BCUT2D eigenvalue weighted by molar-refractivity contribution is 7.14. The molecular formula is C8H13N3S. The van der Waals surface area contributed by atoms with Crippen molar-refractivity contribution in [3.63, 3.8) is 0 Å². The molecule has 0 unspecified atom stereocenters. The van der Waals surface area contributed by atoms with E-state index in [1.54, 1.807) is 11.3 Å². The van der Waals surface area contributed by atoms with Crippen molar-refractivity contribution in [3.05, 3.63) is 5.38 Å². The Balaban J connectivity index is 1.97. The summed E-state index contributed by atoms with van der Waals surface area (Å²) in [6, 6.07) is 0. The Kier molecular flexibility index (Phi) is 1.92. The van der Waals surface area contributed by atoms with E-state index >= 15 is 0 Å². The monoisotopic (exact) mass is 183 g/mol. The lowest BCUT2D eigenvalue weighted by molar-refractivity contribution is 0.785. The lowest BCUT2D eigenvalue weighted by Gasteiger charge is -2.14. The minimum Gasteiger partial charge on any atom is -0.383 e. The second-order valence-electron chi connectivity index (χ2n) is 3.38. The molecule has 0 aliphatic heterocycles. The van der Waals surface area contributed by atoms with Gasteiger partial charge in [-0.2, -0.15) is 0 Å². The number of rotatable bonds is 3. The van der Waals surface area contributed by atoms with Crippen LogP contribution in [0.5, 0.6) is 0 Å². The molecule has 0 spiro atoms. The molecule has 1 heterocycles. The standard InChI is InChI=1S/C8H13N3S/c1-11(4-6-2-3-6)8-10-7(9)5-12-8/h5-6H,2-4,9H2,1H3. The molecule has 0 saturated heterocycles. The van der Waals surface area contributed by atoms with Crippen LogP contribution in [0.25, 0.3) is 0 Å². The normalized spacial score (nSPS) is 16.4. The first-order valence-electron chi connectivity index (χ1n) is 4.18. The van der Waals surface area contributed by atoms with Crippen LogP contribution in [-0.2, 0) is 0 Å². The van der Waals surface area contributed by atoms with E-state index < -0.39 is 0 Å². The van der Waals surface area contributed by atoms with E-state index in [9.17, 15) is 0 Å². The Morgan fingerprint density at radius 2 is 2.50 bits per heavy atom. The summed E-state index contributed by atoms with van der Waals surface area (Å²) in [7, 11) is 2.08. The lowest BCUT2D eigenvalue weighted by atomic mass is 10.4. The van der Waals surface area contributed by atoms with Crippen LogP contribution in [0.2, 0.25) is 0 Å². The largest absolute Gasteiger partial charge is 0.383 e. The highest BCUT2D eigenvalue weighted by atomic mass is 32.1.